The summed E-state index contributed by atoms with van der Waals surface area (Å²) < 4.78 is 40.1. The van der Waals surface area contributed by atoms with Crippen molar-refractivity contribution in [3.63, 3.8) is 0 Å². The summed E-state index contributed by atoms with van der Waals surface area (Å²) in [6.07, 6.45) is -4.97. The van der Waals surface area contributed by atoms with E-state index in [-0.39, 0.29) is 5.69 Å². The molecular formula is C9H7BrF3NO2. The Morgan fingerprint density at radius 3 is 2.62 bits per heavy atom. The molecule has 0 fully saturated rings. The fourth-order valence-electron chi connectivity index (χ4n) is 0.987. The number of aryl methyl sites for hydroxylation is 1. The van der Waals surface area contributed by atoms with Gasteiger partial charge >= 0.3 is 12.1 Å². The van der Waals surface area contributed by atoms with Crippen molar-refractivity contribution in [3.05, 3.63) is 28.0 Å². The molecule has 0 spiro atoms. The van der Waals surface area contributed by atoms with Gasteiger partial charge in [0.1, 0.15) is 6.61 Å². The van der Waals surface area contributed by atoms with Gasteiger partial charge in [-0.2, -0.15) is 13.2 Å². The van der Waals surface area contributed by atoms with Gasteiger partial charge in [-0.3, -0.25) is 4.98 Å². The van der Waals surface area contributed by atoms with E-state index in [1.807, 2.05) is 0 Å². The van der Waals surface area contributed by atoms with Crippen molar-refractivity contribution in [2.45, 2.75) is 19.7 Å². The van der Waals surface area contributed by atoms with E-state index in [1.54, 1.807) is 13.0 Å². The molecule has 0 aromatic carbocycles. The molecule has 16 heavy (non-hydrogen) atoms. The van der Waals surface area contributed by atoms with Gasteiger partial charge in [0.05, 0.1) is 5.69 Å². The summed E-state index contributed by atoms with van der Waals surface area (Å²) in [6, 6.07) is 3.17. The number of nitrogens with zero attached hydrogens (tertiary/aromatic N) is 1. The maximum Gasteiger partial charge on any atom is 0.490 e. The molecule has 0 radical (unpaired) electrons. The molecule has 0 saturated carbocycles. The molecule has 0 bridgehead atoms. The zero-order chi connectivity index (χ0) is 12.3. The molecule has 0 aliphatic rings. The zero-order valence-corrected chi connectivity index (χ0v) is 9.72. The van der Waals surface area contributed by atoms with E-state index >= 15 is 0 Å². The Labute approximate surface area is 97.8 Å². The van der Waals surface area contributed by atoms with Crippen LogP contribution in [-0.2, 0) is 16.1 Å². The van der Waals surface area contributed by atoms with Crippen molar-refractivity contribution >= 4 is 21.9 Å². The summed E-state index contributed by atoms with van der Waals surface area (Å²) in [5, 5.41) is 0. The van der Waals surface area contributed by atoms with Crippen molar-refractivity contribution in [2.24, 2.45) is 0 Å². The molecule has 3 nitrogen and oxygen atoms in total. The van der Waals surface area contributed by atoms with Gasteiger partial charge in [0.25, 0.3) is 0 Å². The molecule has 7 heteroatoms. The van der Waals surface area contributed by atoms with Crippen LogP contribution in [0.5, 0.6) is 0 Å². The Morgan fingerprint density at radius 1 is 1.50 bits per heavy atom. The number of alkyl halides is 3. The van der Waals surface area contributed by atoms with Crippen molar-refractivity contribution in [2.75, 3.05) is 0 Å². The minimum absolute atomic E-state index is 0.254. The second-order valence-corrected chi connectivity index (χ2v) is 3.91. The van der Waals surface area contributed by atoms with Crippen LogP contribution >= 0.6 is 15.9 Å². The van der Waals surface area contributed by atoms with Crippen LogP contribution < -0.4 is 0 Å². The fraction of sp³-hybridized carbons (Fsp3) is 0.333. The minimum atomic E-state index is -4.97. The molecule has 88 valence electrons. The summed E-state index contributed by atoms with van der Waals surface area (Å²) in [5.74, 6) is -2.22. The van der Waals surface area contributed by atoms with Crippen molar-refractivity contribution in [1.82, 2.24) is 4.98 Å². The topological polar surface area (TPSA) is 39.2 Å². The average Bonchev–Trinajstić information content (AvgIpc) is 2.11. The summed E-state index contributed by atoms with van der Waals surface area (Å²) >= 11 is 3.16. The fourth-order valence-corrected chi connectivity index (χ4v) is 1.58. The third kappa shape index (κ3) is 3.80. The first-order chi connectivity index (χ1) is 7.29. The standard InChI is InChI=1S/C9H7BrF3NO2/c1-5-2-6(10)3-7(14-5)4-16-8(15)9(11,12)13/h2-3H,4H2,1H3. The Balaban J connectivity index is 2.65. The average molecular weight is 298 g/mol. The van der Waals surface area contributed by atoms with E-state index in [0.717, 1.165) is 0 Å². The molecule has 0 saturated heterocycles. The number of rotatable bonds is 2. The molecule has 1 rings (SSSR count). The quantitative estimate of drug-likeness (QED) is 0.788. The Kier molecular flexibility index (Phi) is 3.90. The Morgan fingerprint density at radius 2 is 2.12 bits per heavy atom. The van der Waals surface area contributed by atoms with Crippen LogP contribution in [0.1, 0.15) is 11.4 Å². The van der Waals surface area contributed by atoms with Crippen LogP contribution in [0.25, 0.3) is 0 Å². The maximum absolute atomic E-state index is 11.8. The smallest absolute Gasteiger partial charge is 0.453 e. The van der Waals surface area contributed by atoms with Crippen LogP contribution in [0.3, 0.4) is 0 Å². The van der Waals surface area contributed by atoms with Crippen molar-refractivity contribution < 1.29 is 22.7 Å². The van der Waals surface area contributed by atoms with Gasteiger partial charge < -0.3 is 4.74 Å². The predicted octanol–water partition coefficient (Wildman–Crippen LogP) is 2.76. The number of aromatic nitrogens is 1. The third-order valence-corrected chi connectivity index (χ3v) is 2.01. The highest BCUT2D eigenvalue weighted by Crippen LogP contribution is 2.18. The molecular weight excluding hydrogens is 291 g/mol. The van der Waals surface area contributed by atoms with E-state index in [2.05, 4.69) is 25.7 Å². The summed E-state index contributed by atoms with van der Waals surface area (Å²) in [5.41, 5.74) is 0.872. The van der Waals surface area contributed by atoms with Gasteiger partial charge in [-0.1, -0.05) is 15.9 Å². The lowest BCUT2D eigenvalue weighted by Crippen LogP contribution is -2.25. The van der Waals surface area contributed by atoms with Crippen molar-refractivity contribution in [1.29, 1.82) is 0 Å². The van der Waals surface area contributed by atoms with Crippen LogP contribution in [0, 0.1) is 6.92 Å². The molecule has 1 aromatic heterocycles. The van der Waals surface area contributed by atoms with Gasteiger partial charge in [-0.05, 0) is 19.1 Å². The zero-order valence-electron chi connectivity index (χ0n) is 8.14. The van der Waals surface area contributed by atoms with E-state index < -0.39 is 18.8 Å². The van der Waals surface area contributed by atoms with Crippen LogP contribution in [0.15, 0.2) is 16.6 Å². The molecule has 0 atom stereocenters. The third-order valence-electron chi connectivity index (χ3n) is 1.55. The van der Waals surface area contributed by atoms with Gasteiger partial charge in [0.2, 0.25) is 0 Å². The van der Waals surface area contributed by atoms with E-state index in [1.165, 1.54) is 6.07 Å². The normalized spacial score (nSPS) is 11.3. The SMILES string of the molecule is Cc1cc(Br)cc(COC(=O)C(F)(F)F)n1. The lowest BCUT2D eigenvalue weighted by molar-refractivity contribution is -0.201. The first-order valence-corrected chi connectivity index (χ1v) is 4.95. The van der Waals surface area contributed by atoms with Crippen LogP contribution in [-0.4, -0.2) is 17.1 Å². The monoisotopic (exact) mass is 297 g/mol. The second kappa shape index (κ2) is 4.82. The first-order valence-electron chi connectivity index (χ1n) is 4.16. The van der Waals surface area contributed by atoms with Gasteiger partial charge in [0.15, 0.2) is 0 Å². The molecule has 0 unspecified atom stereocenters. The largest absolute Gasteiger partial charge is 0.490 e. The summed E-state index contributed by atoms with van der Waals surface area (Å²) in [4.78, 5) is 14.3. The van der Waals surface area contributed by atoms with E-state index in [4.69, 9.17) is 0 Å². The molecule has 0 N–H and O–H groups in total. The predicted molar refractivity (Wildman–Crippen MR) is 52.5 cm³/mol. The highest BCUT2D eigenvalue weighted by atomic mass is 79.9. The number of carbonyl (C=O) groups excluding carboxylic acids is 1. The van der Waals surface area contributed by atoms with Gasteiger partial charge in [-0.15, -0.1) is 0 Å². The lowest BCUT2D eigenvalue weighted by Gasteiger charge is -2.07. The number of hydrogen-bond donors (Lipinski definition) is 0. The molecule has 1 aromatic rings. The Bertz CT molecular complexity index is 386. The molecule has 1 heterocycles. The number of halogens is 4. The first kappa shape index (κ1) is 13.0. The molecule has 0 amide bonds. The van der Waals surface area contributed by atoms with E-state index in [0.29, 0.717) is 10.2 Å². The minimum Gasteiger partial charge on any atom is -0.453 e. The van der Waals surface area contributed by atoms with Gasteiger partial charge in [-0.25, -0.2) is 4.79 Å². The Hall–Kier alpha value is -1.11. The van der Waals surface area contributed by atoms with Crippen LogP contribution in [0.2, 0.25) is 0 Å². The second-order valence-electron chi connectivity index (χ2n) is 2.99. The number of esters is 1. The van der Waals surface area contributed by atoms with Crippen molar-refractivity contribution in [3.8, 4) is 0 Å². The van der Waals surface area contributed by atoms with Gasteiger partial charge in [0, 0.05) is 10.2 Å². The summed E-state index contributed by atoms with van der Waals surface area (Å²) in [7, 11) is 0. The lowest BCUT2D eigenvalue weighted by atomic mass is 10.3. The highest BCUT2D eigenvalue weighted by molar-refractivity contribution is 9.10. The maximum atomic E-state index is 11.8. The number of ether oxygens (including phenoxy) is 1. The number of hydrogen-bond acceptors (Lipinski definition) is 3. The van der Waals surface area contributed by atoms with E-state index in [9.17, 15) is 18.0 Å². The molecule has 0 aliphatic carbocycles. The number of pyridine rings is 1. The highest BCUT2D eigenvalue weighted by Gasteiger charge is 2.40. The number of carbonyl (C=O) groups is 1. The van der Waals surface area contributed by atoms with Crippen LogP contribution in [0.4, 0.5) is 13.2 Å². The summed E-state index contributed by atoms with van der Waals surface area (Å²) in [6.45, 7) is 1.18. The molecule has 0 aliphatic heterocycles.